The maximum Gasteiger partial charge on any atom is 0.266 e. The highest BCUT2D eigenvalue weighted by Crippen LogP contribution is 2.29. The molecule has 1 heterocycles. The Labute approximate surface area is 169 Å². The topological polar surface area (TPSA) is 66.5 Å². The Kier molecular flexibility index (Phi) is 4.51. The van der Waals surface area contributed by atoms with Gasteiger partial charge in [0.2, 0.25) is 0 Å². The number of rotatable bonds is 3. The molecule has 3 amide bonds. The number of nitrogens with one attached hydrogen (secondary N) is 1. The fraction of sp³-hybridized carbons (Fsp3) is 0.125. The molecule has 0 aromatic heterocycles. The predicted octanol–water partition coefficient (Wildman–Crippen LogP) is 4.66. The van der Waals surface area contributed by atoms with E-state index in [4.69, 9.17) is 0 Å². The lowest BCUT2D eigenvalue weighted by molar-refractivity contribution is 0.0925. The summed E-state index contributed by atoms with van der Waals surface area (Å²) < 4.78 is 0. The second-order valence-electron chi connectivity index (χ2n) is 7.27. The largest absolute Gasteiger partial charge is 0.322 e. The smallest absolute Gasteiger partial charge is 0.266 e. The van der Waals surface area contributed by atoms with Crippen molar-refractivity contribution >= 4 is 29.1 Å². The van der Waals surface area contributed by atoms with Gasteiger partial charge in [-0.05, 0) is 68.3 Å². The number of amides is 3. The molecule has 29 heavy (non-hydrogen) atoms. The van der Waals surface area contributed by atoms with E-state index >= 15 is 0 Å². The van der Waals surface area contributed by atoms with E-state index in [0.29, 0.717) is 22.4 Å². The molecule has 0 aliphatic carbocycles. The molecule has 4 rings (SSSR count). The van der Waals surface area contributed by atoms with Crippen molar-refractivity contribution in [1.29, 1.82) is 0 Å². The van der Waals surface area contributed by atoms with Crippen LogP contribution in [0.25, 0.3) is 0 Å². The number of imide groups is 1. The molecule has 1 aliphatic rings. The molecule has 0 radical (unpaired) electrons. The van der Waals surface area contributed by atoms with Crippen molar-refractivity contribution in [2.24, 2.45) is 0 Å². The number of hydrogen-bond donors (Lipinski definition) is 1. The van der Waals surface area contributed by atoms with Crippen molar-refractivity contribution in [1.82, 2.24) is 0 Å². The van der Waals surface area contributed by atoms with Crippen LogP contribution in [0.2, 0.25) is 0 Å². The highest BCUT2D eigenvalue weighted by Gasteiger charge is 2.36. The fourth-order valence-electron chi connectivity index (χ4n) is 3.75. The molecule has 3 aromatic rings. The van der Waals surface area contributed by atoms with E-state index in [0.717, 1.165) is 27.3 Å². The summed E-state index contributed by atoms with van der Waals surface area (Å²) in [4.78, 5) is 39.0. The van der Waals surface area contributed by atoms with Crippen molar-refractivity contribution < 1.29 is 14.4 Å². The lowest BCUT2D eigenvalue weighted by Gasteiger charge is -2.15. The summed E-state index contributed by atoms with van der Waals surface area (Å²) in [5.41, 5.74) is 5.61. The normalized spacial score (nSPS) is 12.9. The minimum absolute atomic E-state index is 0.242. The third kappa shape index (κ3) is 3.21. The summed E-state index contributed by atoms with van der Waals surface area (Å²) in [5, 5.41) is 2.96. The summed E-state index contributed by atoms with van der Waals surface area (Å²) in [5.74, 6) is -0.948. The van der Waals surface area contributed by atoms with Crippen molar-refractivity contribution in [2.75, 3.05) is 10.2 Å². The maximum atomic E-state index is 12.7. The van der Waals surface area contributed by atoms with Gasteiger partial charge in [-0.3, -0.25) is 14.4 Å². The number of benzene rings is 3. The molecule has 3 aromatic carbocycles. The molecule has 5 nitrogen and oxygen atoms in total. The van der Waals surface area contributed by atoms with Crippen LogP contribution >= 0.6 is 0 Å². The zero-order valence-electron chi connectivity index (χ0n) is 16.4. The summed E-state index contributed by atoms with van der Waals surface area (Å²) in [7, 11) is 0. The third-order valence-electron chi connectivity index (χ3n) is 5.10. The molecule has 1 aliphatic heterocycles. The molecule has 0 atom stereocenters. The van der Waals surface area contributed by atoms with Gasteiger partial charge in [0.25, 0.3) is 17.7 Å². The highest BCUT2D eigenvalue weighted by molar-refractivity contribution is 6.34. The first-order valence-corrected chi connectivity index (χ1v) is 9.34. The summed E-state index contributed by atoms with van der Waals surface area (Å²) in [6.45, 7) is 5.94. The average Bonchev–Trinajstić information content (AvgIpc) is 2.95. The molecule has 5 heteroatoms. The number of aryl methyl sites for hydroxylation is 3. The number of carbonyl (C=O) groups is 3. The van der Waals surface area contributed by atoms with Crippen LogP contribution in [0.15, 0.2) is 60.7 Å². The third-order valence-corrected chi connectivity index (χ3v) is 5.10. The van der Waals surface area contributed by atoms with Gasteiger partial charge in [-0.2, -0.15) is 0 Å². The highest BCUT2D eigenvalue weighted by atomic mass is 16.2. The minimum Gasteiger partial charge on any atom is -0.322 e. The maximum absolute atomic E-state index is 12.7. The first-order valence-electron chi connectivity index (χ1n) is 9.34. The van der Waals surface area contributed by atoms with E-state index in [-0.39, 0.29) is 17.7 Å². The number of fused-ring (bicyclic) bond motifs is 1. The van der Waals surface area contributed by atoms with Crippen LogP contribution in [-0.4, -0.2) is 17.7 Å². The second kappa shape index (κ2) is 7.02. The van der Waals surface area contributed by atoms with Crippen molar-refractivity contribution in [3.63, 3.8) is 0 Å². The monoisotopic (exact) mass is 384 g/mol. The zero-order valence-corrected chi connectivity index (χ0v) is 16.4. The van der Waals surface area contributed by atoms with E-state index < -0.39 is 0 Å². The van der Waals surface area contributed by atoms with Crippen LogP contribution in [0.1, 0.15) is 47.8 Å². The van der Waals surface area contributed by atoms with Gasteiger partial charge in [0.15, 0.2) is 0 Å². The van der Waals surface area contributed by atoms with Crippen LogP contribution in [0.5, 0.6) is 0 Å². The second-order valence-corrected chi connectivity index (χ2v) is 7.27. The predicted molar refractivity (Wildman–Crippen MR) is 113 cm³/mol. The van der Waals surface area contributed by atoms with Gasteiger partial charge in [0, 0.05) is 11.3 Å². The molecule has 0 unspecified atom stereocenters. The van der Waals surface area contributed by atoms with Crippen LogP contribution in [0.3, 0.4) is 0 Å². The first-order chi connectivity index (χ1) is 13.9. The number of hydrogen-bond acceptors (Lipinski definition) is 3. The van der Waals surface area contributed by atoms with Crippen molar-refractivity contribution in [3.05, 3.63) is 94.0 Å². The van der Waals surface area contributed by atoms with E-state index in [2.05, 4.69) is 5.32 Å². The van der Waals surface area contributed by atoms with Crippen molar-refractivity contribution in [3.8, 4) is 0 Å². The molecule has 0 bridgehead atoms. The summed E-state index contributed by atoms with van der Waals surface area (Å²) in [6.07, 6.45) is 0. The quantitative estimate of drug-likeness (QED) is 0.668. The summed E-state index contributed by atoms with van der Waals surface area (Å²) in [6, 6.07) is 17.3. The minimum atomic E-state index is -0.353. The van der Waals surface area contributed by atoms with Gasteiger partial charge in [0.1, 0.15) is 0 Å². The lowest BCUT2D eigenvalue weighted by atomic mass is 10.0. The zero-order chi connectivity index (χ0) is 20.7. The SMILES string of the molecule is Cc1cc(C)c(NC(=O)c2ccc(N3C(=O)c4ccccc4C3=O)cc2)c(C)c1. The number of nitrogens with zero attached hydrogens (tertiary/aromatic N) is 1. The van der Waals surface area contributed by atoms with E-state index in [1.54, 1.807) is 48.5 Å². The Morgan fingerprint density at radius 2 is 1.31 bits per heavy atom. The Bertz CT molecular complexity index is 1100. The number of anilines is 2. The number of carbonyl (C=O) groups excluding carboxylic acids is 3. The Hall–Kier alpha value is -3.73. The fourth-order valence-corrected chi connectivity index (χ4v) is 3.75. The van der Waals surface area contributed by atoms with E-state index in [1.165, 1.54) is 0 Å². The summed E-state index contributed by atoms with van der Waals surface area (Å²) >= 11 is 0. The van der Waals surface area contributed by atoms with E-state index in [1.807, 2.05) is 32.9 Å². The molecule has 0 fully saturated rings. The van der Waals surface area contributed by atoms with Gasteiger partial charge < -0.3 is 5.32 Å². The molecule has 1 N–H and O–H groups in total. The van der Waals surface area contributed by atoms with Crippen LogP contribution in [0, 0.1) is 20.8 Å². The van der Waals surface area contributed by atoms with Crippen LogP contribution in [-0.2, 0) is 0 Å². The Morgan fingerprint density at radius 1 is 0.793 bits per heavy atom. The van der Waals surface area contributed by atoms with Gasteiger partial charge in [0.05, 0.1) is 16.8 Å². The average molecular weight is 384 g/mol. The first kappa shape index (κ1) is 18.6. The molecule has 144 valence electrons. The Balaban J connectivity index is 1.57. The van der Waals surface area contributed by atoms with Gasteiger partial charge in [-0.1, -0.05) is 29.8 Å². The molecule has 0 saturated heterocycles. The van der Waals surface area contributed by atoms with Gasteiger partial charge in [-0.25, -0.2) is 4.90 Å². The molecular weight excluding hydrogens is 364 g/mol. The van der Waals surface area contributed by atoms with Gasteiger partial charge >= 0.3 is 0 Å². The Morgan fingerprint density at radius 3 is 1.83 bits per heavy atom. The molecular formula is C24H20N2O3. The molecule has 0 spiro atoms. The van der Waals surface area contributed by atoms with Crippen LogP contribution < -0.4 is 10.2 Å². The van der Waals surface area contributed by atoms with Crippen molar-refractivity contribution in [2.45, 2.75) is 20.8 Å². The standard InChI is InChI=1S/C24H20N2O3/c1-14-12-15(2)21(16(3)13-14)25-22(27)17-8-10-18(11-9-17)26-23(28)19-6-4-5-7-20(19)24(26)29/h4-13H,1-3H3,(H,25,27). The van der Waals surface area contributed by atoms with Gasteiger partial charge in [-0.15, -0.1) is 0 Å². The molecule has 0 saturated carbocycles. The van der Waals surface area contributed by atoms with Crippen LogP contribution in [0.4, 0.5) is 11.4 Å². The van der Waals surface area contributed by atoms with E-state index in [9.17, 15) is 14.4 Å². The lowest BCUT2D eigenvalue weighted by Crippen LogP contribution is -2.29.